The number of nitrogens with one attached hydrogen (secondary N) is 2. The smallest absolute Gasteiger partial charge is 0.317 e. The van der Waals surface area contributed by atoms with Crippen molar-refractivity contribution in [1.29, 1.82) is 0 Å². The van der Waals surface area contributed by atoms with Crippen molar-refractivity contribution >= 4 is 28.5 Å². The number of rotatable bonds is 4. The van der Waals surface area contributed by atoms with Crippen molar-refractivity contribution in [2.75, 3.05) is 20.2 Å². The van der Waals surface area contributed by atoms with Gasteiger partial charge in [0.15, 0.2) is 5.75 Å². The van der Waals surface area contributed by atoms with Gasteiger partial charge in [-0.1, -0.05) is 11.6 Å². The Morgan fingerprint density at radius 2 is 2.11 bits per heavy atom. The van der Waals surface area contributed by atoms with Gasteiger partial charge >= 0.3 is 6.03 Å². The Balaban J connectivity index is 1.56. The maximum absolute atomic E-state index is 14.0. The molecule has 3 aromatic rings. The number of aromatic nitrogens is 2. The van der Waals surface area contributed by atoms with Gasteiger partial charge in [0.05, 0.1) is 24.4 Å². The summed E-state index contributed by atoms with van der Waals surface area (Å²) < 4.78 is 18.9. The van der Waals surface area contributed by atoms with E-state index in [1.807, 2.05) is 17.0 Å². The van der Waals surface area contributed by atoms with Crippen LogP contribution in [0.25, 0.3) is 22.2 Å². The van der Waals surface area contributed by atoms with E-state index in [9.17, 15) is 9.18 Å². The van der Waals surface area contributed by atoms with E-state index in [1.54, 1.807) is 12.1 Å². The van der Waals surface area contributed by atoms with Crippen LogP contribution in [-0.2, 0) is 6.54 Å². The van der Waals surface area contributed by atoms with Crippen LogP contribution < -0.4 is 10.1 Å². The second kappa shape index (κ2) is 7.67. The van der Waals surface area contributed by atoms with E-state index in [-0.39, 0.29) is 11.8 Å². The highest BCUT2D eigenvalue weighted by atomic mass is 35.5. The monoisotopic (exact) mass is 402 g/mol. The van der Waals surface area contributed by atoms with E-state index in [0.29, 0.717) is 22.8 Å². The molecule has 0 atom stereocenters. The van der Waals surface area contributed by atoms with Crippen molar-refractivity contribution < 1.29 is 13.9 Å². The zero-order valence-electron chi connectivity index (χ0n) is 15.4. The number of hydrogen-bond donors (Lipinski definition) is 2. The SMILES string of the molecule is COc1ccc(-c2cc3[nH]c(CNC(=O)N4CCCC4)cc3cc2Cl)nc1F. The van der Waals surface area contributed by atoms with Gasteiger partial charge in [-0.05, 0) is 43.2 Å². The van der Waals surface area contributed by atoms with Gasteiger partial charge in [-0.25, -0.2) is 9.78 Å². The summed E-state index contributed by atoms with van der Waals surface area (Å²) in [6.07, 6.45) is 2.11. The Bertz CT molecular complexity index is 1030. The maximum atomic E-state index is 14.0. The molecule has 6 nitrogen and oxygen atoms in total. The molecule has 146 valence electrons. The largest absolute Gasteiger partial charge is 0.492 e. The third-order valence-electron chi connectivity index (χ3n) is 4.90. The zero-order valence-corrected chi connectivity index (χ0v) is 16.1. The minimum absolute atomic E-state index is 0.0483. The summed E-state index contributed by atoms with van der Waals surface area (Å²) >= 11 is 6.40. The lowest BCUT2D eigenvalue weighted by Gasteiger charge is -2.15. The molecule has 1 aliphatic heterocycles. The molecule has 0 radical (unpaired) electrons. The highest BCUT2D eigenvalue weighted by Crippen LogP contribution is 2.32. The molecule has 1 saturated heterocycles. The molecule has 2 N–H and O–H groups in total. The van der Waals surface area contributed by atoms with Crippen molar-refractivity contribution in [3.8, 4) is 17.0 Å². The number of urea groups is 1. The molecule has 28 heavy (non-hydrogen) atoms. The highest BCUT2D eigenvalue weighted by molar-refractivity contribution is 6.34. The Hall–Kier alpha value is -2.80. The van der Waals surface area contributed by atoms with E-state index in [2.05, 4.69) is 15.3 Å². The maximum Gasteiger partial charge on any atom is 0.317 e. The molecule has 0 saturated carbocycles. The number of pyridine rings is 1. The number of amides is 2. The van der Waals surface area contributed by atoms with Crippen LogP contribution >= 0.6 is 11.6 Å². The third-order valence-corrected chi connectivity index (χ3v) is 5.21. The average Bonchev–Trinajstić information content (AvgIpc) is 3.35. The molecule has 1 aromatic carbocycles. The van der Waals surface area contributed by atoms with Crippen molar-refractivity contribution in [2.24, 2.45) is 0 Å². The first-order valence-corrected chi connectivity index (χ1v) is 9.48. The van der Waals surface area contributed by atoms with E-state index in [4.69, 9.17) is 16.3 Å². The van der Waals surface area contributed by atoms with Gasteiger partial charge in [0.2, 0.25) is 0 Å². The number of carbonyl (C=O) groups excluding carboxylic acids is 1. The molecule has 0 spiro atoms. The van der Waals surface area contributed by atoms with E-state index < -0.39 is 5.95 Å². The number of hydrogen-bond acceptors (Lipinski definition) is 3. The fourth-order valence-corrected chi connectivity index (χ4v) is 3.70. The van der Waals surface area contributed by atoms with Crippen LogP contribution in [0.2, 0.25) is 5.02 Å². The Kier molecular flexibility index (Phi) is 5.09. The number of H-pyrrole nitrogens is 1. The van der Waals surface area contributed by atoms with Gasteiger partial charge in [0.25, 0.3) is 5.95 Å². The number of likely N-dealkylation sites (tertiary alicyclic amines) is 1. The van der Waals surface area contributed by atoms with Crippen LogP contribution in [0, 0.1) is 5.95 Å². The summed E-state index contributed by atoms with van der Waals surface area (Å²) in [5.74, 6) is -0.607. The molecule has 2 amide bonds. The first-order chi connectivity index (χ1) is 13.5. The number of benzene rings is 1. The molecule has 1 aliphatic rings. The number of aromatic amines is 1. The number of carbonyl (C=O) groups is 1. The molecule has 0 aliphatic carbocycles. The lowest BCUT2D eigenvalue weighted by atomic mass is 10.1. The van der Waals surface area contributed by atoms with Crippen molar-refractivity contribution in [1.82, 2.24) is 20.2 Å². The van der Waals surface area contributed by atoms with Gasteiger partial charge in [0.1, 0.15) is 0 Å². The fraction of sp³-hybridized carbons (Fsp3) is 0.300. The average molecular weight is 403 g/mol. The summed E-state index contributed by atoms with van der Waals surface area (Å²) in [5, 5.41) is 4.31. The van der Waals surface area contributed by atoms with Gasteiger partial charge in [-0.3, -0.25) is 0 Å². The van der Waals surface area contributed by atoms with E-state index in [0.717, 1.165) is 42.5 Å². The number of halogens is 2. The van der Waals surface area contributed by atoms with Gasteiger partial charge in [-0.15, -0.1) is 0 Å². The first-order valence-electron chi connectivity index (χ1n) is 9.10. The quantitative estimate of drug-likeness (QED) is 0.638. The molecule has 8 heteroatoms. The third kappa shape index (κ3) is 3.62. The summed E-state index contributed by atoms with van der Waals surface area (Å²) in [6, 6.07) is 8.71. The number of methoxy groups -OCH3 is 1. The summed E-state index contributed by atoms with van der Waals surface area (Å²) in [4.78, 5) is 21.2. The first kappa shape index (κ1) is 18.6. The Labute approximate surface area is 166 Å². The van der Waals surface area contributed by atoms with Crippen LogP contribution in [-0.4, -0.2) is 41.1 Å². The van der Waals surface area contributed by atoms with E-state index >= 15 is 0 Å². The van der Waals surface area contributed by atoms with Crippen LogP contribution in [0.1, 0.15) is 18.5 Å². The van der Waals surface area contributed by atoms with Crippen LogP contribution in [0.15, 0.2) is 30.3 Å². The fourth-order valence-electron chi connectivity index (χ4n) is 3.43. The highest BCUT2D eigenvalue weighted by Gasteiger charge is 2.18. The molecule has 4 rings (SSSR count). The summed E-state index contributed by atoms with van der Waals surface area (Å²) in [6.45, 7) is 2.01. The van der Waals surface area contributed by atoms with Crippen LogP contribution in [0.4, 0.5) is 9.18 Å². The number of fused-ring (bicyclic) bond motifs is 1. The number of nitrogens with zero attached hydrogens (tertiary/aromatic N) is 2. The zero-order chi connectivity index (χ0) is 19.7. The second-order valence-electron chi connectivity index (χ2n) is 6.76. The molecular formula is C20H20ClFN4O2. The van der Waals surface area contributed by atoms with Crippen LogP contribution in [0.3, 0.4) is 0 Å². The molecule has 1 fully saturated rings. The molecular weight excluding hydrogens is 383 g/mol. The normalized spacial score (nSPS) is 13.9. The molecule has 0 bridgehead atoms. The predicted octanol–water partition coefficient (Wildman–Crippen LogP) is 4.34. The van der Waals surface area contributed by atoms with Gasteiger partial charge in [-0.2, -0.15) is 4.39 Å². The summed E-state index contributed by atoms with van der Waals surface area (Å²) in [7, 11) is 1.39. The van der Waals surface area contributed by atoms with Crippen molar-refractivity contribution in [2.45, 2.75) is 19.4 Å². The molecule has 3 heterocycles. The Morgan fingerprint density at radius 3 is 2.82 bits per heavy atom. The lowest BCUT2D eigenvalue weighted by molar-refractivity contribution is 0.208. The van der Waals surface area contributed by atoms with Crippen molar-refractivity contribution in [3.05, 3.63) is 47.0 Å². The minimum Gasteiger partial charge on any atom is -0.492 e. The van der Waals surface area contributed by atoms with Gasteiger partial charge < -0.3 is 19.9 Å². The topological polar surface area (TPSA) is 70.2 Å². The van der Waals surface area contributed by atoms with E-state index in [1.165, 1.54) is 13.2 Å². The number of ether oxygens (including phenoxy) is 1. The van der Waals surface area contributed by atoms with Crippen LogP contribution in [0.5, 0.6) is 5.75 Å². The minimum atomic E-state index is -0.687. The summed E-state index contributed by atoms with van der Waals surface area (Å²) in [5.41, 5.74) is 2.74. The second-order valence-corrected chi connectivity index (χ2v) is 7.16. The predicted molar refractivity (Wildman–Crippen MR) is 106 cm³/mol. The lowest BCUT2D eigenvalue weighted by Crippen LogP contribution is -2.37. The Morgan fingerprint density at radius 1 is 1.32 bits per heavy atom. The molecule has 0 unspecified atom stereocenters. The standard InChI is InChI=1S/C20H20ClFN4O2/c1-28-18-5-4-16(25-19(18)22)14-10-17-12(9-15(14)21)8-13(24-17)11-23-20(27)26-6-2-3-7-26/h4-5,8-10,24H,2-3,6-7,11H2,1H3,(H,23,27). The molecule has 2 aromatic heterocycles. The van der Waals surface area contributed by atoms with Crippen molar-refractivity contribution in [3.63, 3.8) is 0 Å². The van der Waals surface area contributed by atoms with Gasteiger partial charge in [0, 0.05) is 35.2 Å².